The van der Waals surface area contributed by atoms with Crippen molar-refractivity contribution in [1.82, 2.24) is 0 Å². The fourth-order valence-corrected chi connectivity index (χ4v) is 4.33. The van der Waals surface area contributed by atoms with Crippen LogP contribution in [0.15, 0.2) is 54.6 Å². The predicted molar refractivity (Wildman–Crippen MR) is 140 cm³/mol. The summed E-state index contributed by atoms with van der Waals surface area (Å²) in [5.74, 6) is -1.88. The summed E-state index contributed by atoms with van der Waals surface area (Å²) in [7, 11) is 1.43. The number of carbonyl (C=O) groups is 4. The van der Waals surface area contributed by atoms with Crippen LogP contribution in [0.1, 0.15) is 65.1 Å². The predicted octanol–water partition coefficient (Wildman–Crippen LogP) is 5.36. The molecule has 0 aromatic heterocycles. The molecule has 1 heterocycles. The molecule has 3 aromatic carbocycles. The number of hydrogen-bond acceptors (Lipinski definition) is 8. The molecular weight excluding hydrogens is 504 g/mol. The van der Waals surface area contributed by atoms with Crippen LogP contribution in [0.25, 0.3) is 0 Å². The first kappa shape index (κ1) is 27.5. The third-order valence-corrected chi connectivity index (χ3v) is 6.38. The maximum Gasteiger partial charge on any atom is 0.335 e. The minimum absolute atomic E-state index is 0.0495. The molecule has 0 saturated carbocycles. The summed E-state index contributed by atoms with van der Waals surface area (Å²) in [4.78, 5) is 48.5. The van der Waals surface area contributed by atoms with Crippen molar-refractivity contribution in [1.29, 1.82) is 0 Å². The zero-order chi connectivity index (χ0) is 28.5. The highest BCUT2D eigenvalue weighted by Crippen LogP contribution is 2.54. The van der Waals surface area contributed by atoms with Crippen molar-refractivity contribution >= 4 is 24.2 Å². The lowest BCUT2D eigenvalue weighted by Gasteiger charge is -2.40. The molecule has 0 atom stereocenters. The van der Waals surface area contributed by atoms with Crippen LogP contribution >= 0.6 is 0 Å². The number of rotatable bonds is 8. The van der Waals surface area contributed by atoms with Gasteiger partial charge in [-0.15, -0.1) is 0 Å². The number of esters is 2. The third-order valence-electron chi connectivity index (χ3n) is 6.38. The average Bonchev–Trinajstić information content (AvgIpc) is 2.91. The second-order valence-corrected chi connectivity index (χ2v) is 9.68. The van der Waals surface area contributed by atoms with Crippen LogP contribution in [-0.4, -0.2) is 36.4 Å². The van der Waals surface area contributed by atoms with Crippen LogP contribution in [0.5, 0.6) is 23.0 Å². The van der Waals surface area contributed by atoms with E-state index in [9.17, 15) is 24.3 Å². The van der Waals surface area contributed by atoms with Gasteiger partial charge in [0.25, 0.3) is 0 Å². The van der Waals surface area contributed by atoms with Crippen LogP contribution in [0.3, 0.4) is 0 Å². The van der Waals surface area contributed by atoms with Gasteiger partial charge in [0.2, 0.25) is 0 Å². The van der Waals surface area contributed by atoms with Crippen LogP contribution in [-0.2, 0) is 19.9 Å². The van der Waals surface area contributed by atoms with Gasteiger partial charge in [-0.3, -0.25) is 14.4 Å². The summed E-state index contributed by atoms with van der Waals surface area (Å²) in [6.45, 7) is 6.83. The number of aromatic carboxylic acids is 1. The monoisotopic (exact) mass is 532 g/mol. The minimum Gasteiger partial charge on any atom is -0.478 e. The maximum absolute atomic E-state index is 12.2. The molecule has 0 saturated heterocycles. The second-order valence-electron chi connectivity index (χ2n) is 9.68. The lowest BCUT2D eigenvalue weighted by atomic mass is 9.75. The smallest absolute Gasteiger partial charge is 0.335 e. The van der Waals surface area contributed by atoms with Gasteiger partial charge in [-0.05, 0) is 36.4 Å². The molecule has 0 unspecified atom stereocenters. The standard InChI is InChI=1S/C30H28O9/c1-16(2)28(34)37-20-8-10-22-25(13-20)39-26-14-21(38-29(35)17(3)4)9-11-23(26)30(22,36-5)24-12-18(27(32)33)6-7-19(24)15-31/h6-17H,1-5H3,(H,32,33). The molecule has 0 aliphatic carbocycles. The van der Waals surface area contributed by atoms with Gasteiger partial charge in [-0.25, -0.2) is 4.79 Å². The molecule has 39 heavy (non-hydrogen) atoms. The van der Waals surface area contributed by atoms with E-state index in [-0.39, 0.29) is 51.5 Å². The van der Waals surface area contributed by atoms with Gasteiger partial charge in [-0.2, -0.15) is 0 Å². The highest BCUT2D eigenvalue weighted by molar-refractivity contribution is 5.90. The SMILES string of the molecule is COC1(c2cc(C(=O)O)ccc2C=O)c2ccc(OC(=O)C(C)C)cc2Oc2cc(OC(=O)C(C)C)ccc21. The van der Waals surface area contributed by atoms with Gasteiger partial charge < -0.3 is 24.1 Å². The molecular formula is C30H28O9. The van der Waals surface area contributed by atoms with Crippen molar-refractivity contribution in [2.24, 2.45) is 11.8 Å². The number of fused-ring (bicyclic) bond motifs is 2. The number of aldehydes is 1. The molecule has 0 bridgehead atoms. The Morgan fingerprint density at radius 1 is 0.795 bits per heavy atom. The Kier molecular flexibility index (Phi) is 7.56. The Morgan fingerprint density at radius 3 is 1.72 bits per heavy atom. The molecule has 4 rings (SSSR count). The fourth-order valence-electron chi connectivity index (χ4n) is 4.33. The largest absolute Gasteiger partial charge is 0.478 e. The lowest BCUT2D eigenvalue weighted by molar-refractivity contribution is -0.138. The number of methoxy groups -OCH3 is 1. The average molecular weight is 533 g/mol. The van der Waals surface area contributed by atoms with Crippen molar-refractivity contribution in [3.8, 4) is 23.0 Å². The zero-order valence-corrected chi connectivity index (χ0v) is 22.1. The zero-order valence-electron chi connectivity index (χ0n) is 22.1. The topological polar surface area (TPSA) is 125 Å². The van der Waals surface area contributed by atoms with Gasteiger partial charge in [0, 0.05) is 41.5 Å². The van der Waals surface area contributed by atoms with Crippen LogP contribution in [0.4, 0.5) is 0 Å². The molecule has 0 fully saturated rings. The lowest BCUT2D eigenvalue weighted by Crippen LogP contribution is -2.36. The van der Waals surface area contributed by atoms with Crippen molar-refractivity contribution in [3.05, 3.63) is 82.4 Å². The molecule has 9 nitrogen and oxygen atoms in total. The summed E-state index contributed by atoms with van der Waals surface area (Å²) in [5, 5.41) is 9.70. The normalized spacial score (nSPS) is 13.2. The summed E-state index contributed by atoms with van der Waals surface area (Å²) in [6, 6.07) is 13.6. The first-order valence-corrected chi connectivity index (χ1v) is 12.3. The van der Waals surface area contributed by atoms with Crippen molar-refractivity contribution in [3.63, 3.8) is 0 Å². The number of carboxylic acid groups (broad SMARTS) is 1. The molecule has 9 heteroatoms. The molecule has 1 N–H and O–H groups in total. The van der Waals surface area contributed by atoms with E-state index >= 15 is 0 Å². The van der Waals surface area contributed by atoms with E-state index in [2.05, 4.69) is 0 Å². The van der Waals surface area contributed by atoms with Crippen LogP contribution < -0.4 is 14.2 Å². The maximum atomic E-state index is 12.2. The Hall–Kier alpha value is -4.50. The molecule has 0 spiro atoms. The van der Waals surface area contributed by atoms with E-state index in [1.165, 1.54) is 37.4 Å². The molecule has 1 aliphatic heterocycles. The van der Waals surface area contributed by atoms with Gasteiger partial charge in [0.05, 0.1) is 17.4 Å². The Morgan fingerprint density at radius 2 is 1.31 bits per heavy atom. The second kappa shape index (κ2) is 10.7. The summed E-state index contributed by atoms with van der Waals surface area (Å²) in [5.41, 5.74) is -0.201. The number of carbonyl (C=O) groups excluding carboxylic acids is 3. The van der Waals surface area contributed by atoms with Crippen molar-refractivity contribution < 1.29 is 43.2 Å². The van der Waals surface area contributed by atoms with Crippen molar-refractivity contribution in [2.75, 3.05) is 7.11 Å². The quantitative estimate of drug-likeness (QED) is 0.232. The first-order valence-electron chi connectivity index (χ1n) is 12.3. The minimum atomic E-state index is -1.51. The number of benzene rings is 3. The summed E-state index contributed by atoms with van der Waals surface area (Å²) in [6.07, 6.45) is 0.619. The number of carboxylic acids is 1. The third kappa shape index (κ3) is 5.00. The van der Waals surface area contributed by atoms with Gasteiger partial charge >= 0.3 is 17.9 Å². The van der Waals surface area contributed by atoms with Crippen LogP contribution in [0.2, 0.25) is 0 Å². The fraction of sp³-hybridized carbons (Fsp3) is 0.267. The number of ether oxygens (including phenoxy) is 4. The number of hydrogen-bond donors (Lipinski definition) is 1. The van der Waals surface area contributed by atoms with Crippen molar-refractivity contribution in [2.45, 2.75) is 33.3 Å². The Bertz CT molecular complexity index is 1400. The highest BCUT2D eigenvalue weighted by Gasteiger charge is 2.46. The molecule has 0 amide bonds. The first-order chi connectivity index (χ1) is 18.5. The van der Waals surface area contributed by atoms with E-state index < -0.39 is 23.5 Å². The molecule has 202 valence electrons. The van der Waals surface area contributed by atoms with Gasteiger partial charge in [0.15, 0.2) is 5.60 Å². The van der Waals surface area contributed by atoms with Crippen LogP contribution in [0, 0.1) is 11.8 Å². The highest BCUT2D eigenvalue weighted by atomic mass is 16.5. The van der Waals surface area contributed by atoms with E-state index in [1.54, 1.807) is 52.0 Å². The van der Waals surface area contributed by atoms with E-state index in [1.807, 2.05) is 0 Å². The summed E-state index contributed by atoms with van der Waals surface area (Å²) < 4.78 is 23.3. The Labute approximate surface area is 225 Å². The van der Waals surface area contributed by atoms with Gasteiger partial charge in [-0.1, -0.05) is 33.8 Å². The van der Waals surface area contributed by atoms with E-state index in [0.717, 1.165) is 0 Å². The molecule has 3 aromatic rings. The Balaban J connectivity index is 1.99. The van der Waals surface area contributed by atoms with Gasteiger partial charge in [0.1, 0.15) is 29.3 Å². The molecule has 1 aliphatic rings. The van der Waals surface area contributed by atoms with E-state index in [0.29, 0.717) is 17.4 Å². The van der Waals surface area contributed by atoms with E-state index in [4.69, 9.17) is 18.9 Å². The molecule has 0 radical (unpaired) electrons. The summed E-state index contributed by atoms with van der Waals surface area (Å²) >= 11 is 0.